The summed E-state index contributed by atoms with van der Waals surface area (Å²) in [6.07, 6.45) is 43.9. The number of phosphoric ester groups is 1. The van der Waals surface area contributed by atoms with Gasteiger partial charge in [0.1, 0.15) is 6.61 Å². The number of phosphoric acid groups is 1. The Morgan fingerprint density at radius 3 is 1.60 bits per heavy atom. The standard InChI is InChI=1S/C42H72NO8P/c1-4-6-8-10-12-14-16-17-18-19-20-21-22-23-25-27-29-31-33-35-42(45)51-40(39-50-52(46,47)49-37-36-43-3)38-48-41(44)34-32-30-28-26-24-15-13-11-9-7-5-2/h6,8,12,14,17-18,20-21,23,25,29,31,40,43H,4-5,7,9-11,13,15-16,19,22,24,26-28,30,32-39H2,1-3H3,(H,46,47)/b8-6-,14-12-,18-17-,21-20-,25-23-,31-29-. The summed E-state index contributed by atoms with van der Waals surface area (Å²) in [7, 11) is -2.68. The van der Waals surface area contributed by atoms with Crippen molar-refractivity contribution in [2.75, 3.05) is 33.4 Å². The van der Waals surface area contributed by atoms with Crippen LogP contribution >= 0.6 is 7.82 Å². The second kappa shape index (κ2) is 38.2. The van der Waals surface area contributed by atoms with Crippen molar-refractivity contribution in [2.45, 2.75) is 148 Å². The van der Waals surface area contributed by atoms with Gasteiger partial charge in [-0.1, -0.05) is 151 Å². The van der Waals surface area contributed by atoms with Gasteiger partial charge in [0.15, 0.2) is 6.10 Å². The molecule has 0 aromatic heterocycles. The quantitative estimate of drug-likeness (QED) is 0.0279. The third kappa shape index (κ3) is 37.2. The Labute approximate surface area is 316 Å². The molecule has 9 nitrogen and oxygen atoms in total. The molecular weight excluding hydrogens is 677 g/mol. The highest BCUT2D eigenvalue weighted by molar-refractivity contribution is 7.47. The Morgan fingerprint density at radius 2 is 1.10 bits per heavy atom. The Hall–Kier alpha value is -2.55. The molecule has 2 unspecified atom stereocenters. The number of esters is 2. The van der Waals surface area contributed by atoms with Gasteiger partial charge in [0.2, 0.25) is 0 Å². The van der Waals surface area contributed by atoms with Crippen molar-refractivity contribution in [2.24, 2.45) is 0 Å². The van der Waals surface area contributed by atoms with Gasteiger partial charge < -0.3 is 19.7 Å². The summed E-state index contributed by atoms with van der Waals surface area (Å²) in [6.45, 7) is 3.99. The van der Waals surface area contributed by atoms with Crippen LogP contribution < -0.4 is 5.32 Å². The molecule has 0 bridgehead atoms. The summed E-state index contributed by atoms with van der Waals surface area (Å²) in [5.74, 6) is -0.911. The molecule has 0 aliphatic rings. The van der Waals surface area contributed by atoms with E-state index < -0.39 is 32.5 Å². The van der Waals surface area contributed by atoms with Crippen LogP contribution in [0.3, 0.4) is 0 Å². The van der Waals surface area contributed by atoms with Gasteiger partial charge in [0, 0.05) is 19.4 Å². The van der Waals surface area contributed by atoms with Crippen LogP contribution in [0.5, 0.6) is 0 Å². The molecule has 0 amide bonds. The van der Waals surface area contributed by atoms with Gasteiger partial charge in [0.25, 0.3) is 0 Å². The fourth-order valence-electron chi connectivity index (χ4n) is 4.87. The first-order valence-electron chi connectivity index (χ1n) is 19.9. The average Bonchev–Trinajstić information content (AvgIpc) is 3.12. The summed E-state index contributed by atoms with van der Waals surface area (Å²) in [6, 6.07) is 0. The number of carbonyl (C=O) groups excluding carboxylic acids is 2. The van der Waals surface area contributed by atoms with Crippen molar-refractivity contribution in [3.63, 3.8) is 0 Å². The minimum Gasteiger partial charge on any atom is -0.462 e. The van der Waals surface area contributed by atoms with Crippen molar-refractivity contribution in [3.8, 4) is 0 Å². The minimum atomic E-state index is -4.37. The van der Waals surface area contributed by atoms with Gasteiger partial charge in [-0.15, -0.1) is 0 Å². The monoisotopic (exact) mass is 749 g/mol. The zero-order chi connectivity index (χ0) is 38.2. The number of carbonyl (C=O) groups is 2. The molecule has 10 heteroatoms. The second-order valence-electron chi connectivity index (χ2n) is 12.7. The molecule has 2 atom stereocenters. The Balaban J connectivity index is 4.42. The first-order chi connectivity index (χ1) is 25.3. The predicted molar refractivity (Wildman–Crippen MR) is 215 cm³/mol. The molecular formula is C42H72NO8P. The van der Waals surface area contributed by atoms with Gasteiger partial charge in [-0.2, -0.15) is 0 Å². The molecule has 0 rings (SSSR count). The maximum absolute atomic E-state index is 12.5. The van der Waals surface area contributed by atoms with Crippen LogP contribution in [0.1, 0.15) is 142 Å². The highest BCUT2D eigenvalue weighted by Gasteiger charge is 2.26. The third-order valence-electron chi connectivity index (χ3n) is 7.85. The zero-order valence-electron chi connectivity index (χ0n) is 32.7. The Morgan fingerprint density at radius 1 is 0.615 bits per heavy atom. The Kier molecular flexibility index (Phi) is 36.3. The molecule has 0 saturated carbocycles. The Bertz CT molecular complexity index is 1080. The predicted octanol–water partition coefficient (Wildman–Crippen LogP) is 11.0. The van der Waals surface area contributed by atoms with E-state index >= 15 is 0 Å². The van der Waals surface area contributed by atoms with E-state index in [9.17, 15) is 19.0 Å². The molecule has 2 N–H and O–H groups in total. The van der Waals surface area contributed by atoms with Crippen LogP contribution in [-0.4, -0.2) is 56.3 Å². The van der Waals surface area contributed by atoms with E-state index in [1.165, 1.54) is 51.4 Å². The number of ether oxygens (including phenoxy) is 2. The average molecular weight is 750 g/mol. The largest absolute Gasteiger partial charge is 0.472 e. The second-order valence-corrected chi connectivity index (χ2v) is 14.2. The van der Waals surface area contributed by atoms with Crippen LogP contribution in [0.4, 0.5) is 0 Å². The van der Waals surface area contributed by atoms with Crippen molar-refractivity contribution in [1.29, 1.82) is 0 Å². The number of hydrogen-bond acceptors (Lipinski definition) is 8. The SMILES string of the molecule is CC/C=C\C/C=C\C/C=C\C/C=C\C/C=C\C/C=C\CCC(=O)OC(COC(=O)CCCCCCCCCCCCC)COP(=O)(O)OCCNC. The van der Waals surface area contributed by atoms with E-state index in [1.807, 2.05) is 12.2 Å². The molecule has 0 heterocycles. The van der Waals surface area contributed by atoms with Crippen molar-refractivity contribution < 1.29 is 37.6 Å². The van der Waals surface area contributed by atoms with Crippen LogP contribution in [0.25, 0.3) is 0 Å². The number of allylic oxidation sites excluding steroid dienone is 12. The van der Waals surface area contributed by atoms with Gasteiger partial charge in [-0.25, -0.2) is 4.57 Å². The number of unbranched alkanes of at least 4 members (excludes halogenated alkanes) is 10. The lowest BCUT2D eigenvalue weighted by molar-refractivity contribution is -0.161. The first-order valence-corrected chi connectivity index (χ1v) is 21.4. The number of rotatable bonds is 36. The van der Waals surface area contributed by atoms with Crippen LogP contribution in [-0.2, 0) is 32.7 Å². The number of nitrogens with one attached hydrogen (secondary N) is 1. The molecule has 0 fully saturated rings. The van der Waals surface area contributed by atoms with E-state index in [4.69, 9.17) is 18.5 Å². The smallest absolute Gasteiger partial charge is 0.462 e. The molecule has 0 aromatic rings. The summed E-state index contributed by atoms with van der Waals surface area (Å²) >= 11 is 0. The number of likely N-dealkylation sites (N-methyl/N-ethyl adjacent to an activating group) is 1. The lowest BCUT2D eigenvalue weighted by Gasteiger charge is -2.19. The molecule has 0 aromatic carbocycles. The highest BCUT2D eigenvalue weighted by Crippen LogP contribution is 2.43. The fourth-order valence-corrected chi connectivity index (χ4v) is 5.62. The minimum absolute atomic E-state index is 0.0331. The van der Waals surface area contributed by atoms with Gasteiger partial charge >= 0.3 is 19.8 Å². The van der Waals surface area contributed by atoms with E-state index in [2.05, 4.69) is 79.9 Å². The topological polar surface area (TPSA) is 120 Å². The molecule has 52 heavy (non-hydrogen) atoms. The normalized spacial score (nSPS) is 14.2. The van der Waals surface area contributed by atoms with Crippen LogP contribution in [0.15, 0.2) is 72.9 Å². The first kappa shape index (κ1) is 49.5. The maximum Gasteiger partial charge on any atom is 0.472 e. The molecule has 0 saturated heterocycles. The van der Waals surface area contributed by atoms with E-state index in [1.54, 1.807) is 7.05 Å². The molecule has 298 valence electrons. The summed E-state index contributed by atoms with van der Waals surface area (Å²) in [5.41, 5.74) is 0. The summed E-state index contributed by atoms with van der Waals surface area (Å²) in [5, 5.41) is 2.81. The molecule has 0 radical (unpaired) electrons. The summed E-state index contributed by atoms with van der Waals surface area (Å²) in [4.78, 5) is 34.9. The lowest BCUT2D eigenvalue weighted by atomic mass is 10.1. The lowest BCUT2D eigenvalue weighted by Crippen LogP contribution is -2.29. The zero-order valence-corrected chi connectivity index (χ0v) is 33.6. The maximum atomic E-state index is 12.5. The molecule has 0 aliphatic carbocycles. The van der Waals surface area contributed by atoms with Gasteiger partial charge in [-0.05, 0) is 58.4 Å². The summed E-state index contributed by atoms with van der Waals surface area (Å²) < 4.78 is 33.0. The van der Waals surface area contributed by atoms with Crippen LogP contribution in [0, 0.1) is 0 Å². The van der Waals surface area contributed by atoms with Crippen molar-refractivity contribution >= 4 is 19.8 Å². The van der Waals surface area contributed by atoms with Crippen molar-refractivity contribution in [1.82, 2.24) is 5.32 Å². The van der Waals surface area contributed by atoms with E-state index in [0.717, 1.165) is 57.8 Å². The molecule has 0 aliphatic heterocycles. The molecule has 0 spiro atoms. The van der Waals surface area contributed by atoms with Crippen molar-refractivity contribution in [3.05, 3.63) is 72.9 Å². The highest BCUT2D eigenvalue weighted by atomic mass is 31.2. The third-order valence-corrected chi connectivity index (χ3v) is 8.84. The van der Waals surface area contributed by atoms with Gasteiger partial charge in [-0.3, -0.25) is 18.6 Å². The van der Waals surface area contributed by atoms with Crippen LogP contribution in [0.2, 0.25) is 0 Å². The number of hydrogen-bond donors (Lipinski definition) is 2. The van der Waals surface area contributed by atoms with E-state index in [-0.39, 0.29) is 26.1 Å². The van der Waals surface area contributed by atoms with E-state index in [0.29, 0.717) is 13.0 Å². The van der Waals surface area contributed by atoms with Gasteiger partial charge in [0.05, 0.1) is 13.2 Å². The fraction of sp³-hybridized carbons (Fsp3) is 0.667.